The van der Waals surface area contributed by atoms with Crippen LogP contribution in [0.2, 0.25) is 5.02 Å². The summed E-state index contributed by atoms with van der Waals surface area (Å²) < 4.78 is 1.62. The summed E-state index contributed by atoms with van der Waals surface area (Å²) in [5, 5.41) is 4.65. The van der Waals surface area contributed by atoms with E-state index in [4.69, 9.17) is 11.6 Å². The first-order valence-electron chi connectivity index (χ1n) is 10.5. The van der Waals surface area contributed by atoms with Crippen molar-refractivity contribution in [3.63, 3.8) is 0 Å². The smallest absolute Gasteiger partial charge is 0.253 e. The van der Waals surface area contributed by atoms with Crippen LogP contribution in [-0.4, -0.2) is 20.3 Å². The summed E-state index contributed by atoms with van der Waals surface area (Å²) in [4.78, 5) is 33.0. The molecule has 1 aliphatic carbocycles. The molecule has 0 fully saturated rings. The molecule has 7 heteroatoms. The SMILES string of the molecule is CC(=O)CCc1cc2cc(Nc3nc(C4=CCCCC4)ncc3Cl)ccc2n(C)c1=O. The van der Waals surface area contributed by atoms with Crippen LogP contribution in [0.25, 0.3) is 16.5 Å². The Labute approximate surface area is 186 Å². The molecule has 0 amide bonds. The van der Waals surface area contributed by atoms with Gasteiger partial charge in [0, 0.05) is 30.1 Å². The number of ketones is 1. The molecule has 1 aliphatic rings. The number of hydrogen-bond donors (Lipinski definition) is 1. The number of aryl methyl sites for hydroxylation is 2. The number of pyridine rings is 1. The number of nitrogens with one attached hydrogen (secondary N) is 1. The number of carbonyl (C=O) groups excluding carboxylic acids is 1. The number of hydrogen-bond acceptors (Lipinski definition) is 5. The van der Waals surface area contributed by atoms with E-state index in [2.05, 4.69) is 21.4 Å². The standard InChI is InChI=1S/C24H25ClN4O2/c1-15(30)8-9-17-12-18-13-19(10-11-21(18)29(2)24(17)31)27-23-20(25)14-26-22(28-23)16-6-4-3-5-7-16/h6,10-14H,3-5,7-9H2,1-2H3,(H,26,27,28). The van der Waals surface area contributed by atoms with Crippen LogP contribution < -0.4 is 10.9 Å². The number of anilines is 2. The molecule has 4 rings (SSSR count). The van der Waals surface area contributed by atoms with E-state index in [1.807, 2.05) is 24.3 Å². The first kappa shape index (κ1) is 21.2. The van der Waals surface area contributed by atoms with E-state index >= 15 is 0 Å². The van der Waals surface area contributed by atoms with Crippen molar-refractivity contribution in [3.05, 3.63) is 63.3 Å². The molecular formula is C24H25ClN4O2. The Morgan fingerprint density at radius 1 is 1.26 bits per heavy atom. The summed E-state index contributed by atoms with van der Waals surface area (Å²) in [7, 11) is 1.75. The van der Waals surface area contributed by atoms with Crippen LogP contribution >= 0.6 is 11.6 Å². The molecular weight excluding hydrogens is 412 g/mol. The lowest BCUT2D eigenvalue weighted by atomic mass is 9.99. The predicted octanol–water partition coefficient (Wildman–Crippen LogP) is 5.20. The van der Waals surface area contributed by atoms with Gasteiger partial charge in [0.2, 0.25) is 0 Å². The van der Waals surface area contributed by atoms with Gasteiger partial charge in [-0.15, -0.1) is 0 Å². The number of benzene rings is 1. The second kappa shape index (κ2) is 9.02. The highest BCUT2D eigenvalue weighted by molar-refractivity contribution is 6.32. The van der Waals surface area contributed by atoms with Crippen molar-refractivity contribution in [1.29, 1.82) is 0 Å². The molecule has 2 heterocycles. The van der Waals surface area contributed by atoms with Crippen molar-refractivity contribution in [3.8, 4) is 0 Å². The Morgan fingerprint density at radius 2 is 2.10 bits per heavy atom. The Hall–Kier alpha value is -2.99. The molecule has 0 saturated carbocycles. The van der Waals surface area contributed by atoms with Crippen molar-refractivity contribution in [2.24, 2.45) is 7.05 Å². The first-order valence-corrected chi connectivity index (χ1v) is 10.9. The molecule has 1 aromatic carbocycles. The third-order valence-electron chi connectivity index (χ3n) is 5.63. The summed E-state index contributed by atoms with van der Waals surface area (Å²) in [6.45, 7) is 1.54. The monoisotopic (exact) mass is 436 g/mol. The van der Waals surface area contributed by atoms with E-state index in [-0.39, 0.29) is 11.3 Å². The van der Waals surface area contributed by atoms with Crippen LogP contribution in [-0.2, 0) is 18.3 Å². The van der Waals surface area contributed by atoms with E-state index in [1.165, 1.54) is 13.3 Å². The highest BCUT2D eigenvalue weighted by atomic mass is 35.5. The number of halogens is 1. The molecule has 0 spiro atoms. The van der Waals surface area contributed by atoms with Crippen molar-refractivity contribution in [2.45, 2.75) is 45.4 Å². The van der Waals surface area contributed by atoms with Gasteiger partial charge in [0.05, 0.1) is 11.7 Å². The summed E-state index contributed by atoms with van der Waals surface area (Å²) >= 11 is 6.36. The maximum Gasteiger partial charge on any atom is 0.253 e. The van der Waals surface area contributed by atoms with Crippen LogP contribution in [0, 0.1) is 0 Å². The Kier molecular flexibility index (Phi) is 6.18. The lowest BCUT2D eigenvalue weighted by Crippen LogP contribution is -2.21. The average molecular weight is 437 g/mol. The van der Waals surface area contributed by atoms with Crippen LogP contribution in [0.15, 0.2) is 41.3 Å². The molecule has 6 nitrogen and oxygen atoms in total. The topological polar surface area (TPSA) is 76.9 Å². The van der Waals surface area contributed by atoms with E-state index in [0.717, 1.165) is 41.4 Å². The average Bonchev–Trinajstić information content (AvgIpc) is 2.77. The minimum absolute atomic E-state index is 0.0693. The van der Waals surface area contributed by atoms with E-state index in [1.54, 1.807) is 17.8 Å². The molecule has 0 aliphatic heterocycles. The number of carbonyl (C=O) groups is 1. The Morgan fingerprint density at radius 3 is 2.84 bits per heavy atom. The van der Waals surface area contributed by atoms with Crippen LogP contribution in [0.3, 0.4) is 0 Å². The number of aromatic nitrogens is 3. The summed E-state index contributed by atoms with van der Waals surface area (Å²) in [6.07, 6.45) is 9.02. The number of Topliss-reactive ketones (excluding diaryl/α,β-unsaturated/α-hetero) is 1. The molecule has 3 aromatic rings. The Bertz CT molecular complexity index is 1250. The highest BCUT2D eigenvalue weighted by Crippen LogP contribution is 2.29. The fraction of sp³-hybridized carbons (Fsp3) is 0.333. The van der Waals surface area contributed by atoms with Gasteiger partial charge in [0.1, 0.15) is 10.8 Å². The third kappa shape index (κ3) is 4.69. The minimum Gasteiger partial charge on any atom is -0.339 e. The highest BCUT2D eigenvalue weighted by Gasteiger charge is 2.13. The number of nitrogens with zero attached hydrogens (tertiary/aromatic N) is 3. The van der Waals surface area contributed by atoms with E-state index < -0.39 is 0 Å². The lowest BCUT2D eigenvalue weighted by Gasteiger charge is -2.14. The second-order valence-electron chi connectivity index (χ2n) is 8.00. The summed E-state index contributed by atoms with van der Waals surface area (Å²) in [5.41, 5.74) is 3.36. The van der Waals surface area contributed by atoms with Gasteiger partial charge >= 0.3 is 0 Å². The van der Waals surface area contributed by atoms with Gasteiger partial charge in [-0.05, 0) is 68.9 Å². The van der Waals surface area contributed by atoms with Gasteiger partial charge < -0.3 is 14.7 Å². The fourth-order valence-corrected chi connectivity index (χ4v) is 4.04. The fourth-order valence-electron chi connectivity index (χ4n) is 3.90. The zero-order chi connectivity index (χ0) is 22.0. The third-order valence-corrected chi connectivity index (χ3v) is 5.91. The van der Waals surface area contributed by atoms with Crippen LogP contribution in [0.4, 0.5) is 11.5 Å². The molecule has 0 atom stereocenters. The van der Waals surface area contributed by atoms with Gasteiger partial charge in [0.25, 0.3) is 5.56 Å². The molecule has 2 aromatic heterocycles. The van der Waals surface area contributed by atoms with Crippen LogP contribution in [0.5, 0.6) is 0 Å². The molecule has 160 valence electrons. The van der Waals surface area contributed by atoms with Crippen molar-refractivity contribution < 1.29 is 4.79 Å². The first-order chi connectivity index (χ1) is 14.9. The lowest BCUT2D eigenvalue weighted by molar-refractivity contribution is -0.116. The van der Waals surface area contributed by atoms with Crippen molar-refractivity contribution in [2.75, 3.05) is 5.32 Å². The van der Waals surface area contributed by atoms with Gasteiger partial charge in [-0.25, -0.2) is 9.97 Å². The maximum atomic E-state index is 12.6. The van der Waals surface area contributed by atoms with Gasteiger partial charge in [-0.1, -0.05) is 17.7 Å². The minimum atomic E-state index is -0.0706. The Balaban J connectivity index is 1.67. The predicted molar refractivity (Wildman–Crippen MR) is 125 cm³/mol. The largest absolute Gasteiger partial charge is 0.339 e. The zero-order valence-electron chi connectivity index (χ0n) is 17.7. The number of rotatable bonds is 6. The van der Waals surface area contributed by atoms with Gasteiger partial charge in [0.15, 0.2) is 11.6 Å². The molecule has 0 radical (unpaired) electrons. The molecule has 0 unspecified atom stereocenters. The second-order valence-corrected chi connectivity index (χ2v) is 8.41. The summed E-state index contributed by atoms with van der Waals surface area (Å²) in [6, 6.07) is 7.62. The molecule has 31 heavy (non-hydrogen) atoms. The van der Waals surface area contributed by atoms with Gasteiger partial charge in [-0.2, -0.15) is 0 Å². The molecule has 0 saturated heterocycles. The van der Waals surface area contributed by atoms with E-state index in [9.17, 15) is 9.59 Å². The van der Waals surface area contributed by atoms with Crippen molar-refractivity contribution >= 4 is 45.4 Å². The molecule has 1 N–H and O–H groups in total. The maximum absolute atomic E-state index is 12.6. The molecule has 0 bridgehead atoms. The summed E-state index contributed by atoms with van der Waals surface area (Å²) in [5.74, 6) is 1.33. The van der Waals surface area contributed by atoms with Crippen LogP contribution in [0.1, 0.15) is 50.4 Å². The van der Waals surface area contributed by atoms with E-state index in [0.29, 0.717) is 35.1 Å². The van der Waals surface area contributed by atoms with Crippen molar-refractivity contribution in [1.82, 2.24) is 14.5 Å². The zero-order valence-corrected chi connectivity index (χ0v) is 18.5. The van der Waals surface area contributed by atoms with Gasteiger partial charge in [-0.3, -0.25) is 4.79 Å². The number of fused-ring (bicyclic) bond motifs is 1. The quantitative estimate of drug-likeness (QED) is 0.574. The number of allylic oxidation sites excluding steroid dienone is 2. The normalized spacial score (nSPS) is 13.8.